The van der Waals surface area contributed by atoms with E-state index in [2.05, 4.69) is 36.4 Å². The molecule has 4 aliphatic carbocycles. The molecule has 6 aliphatic rings. The summed E-state index contributed by atoms with van der Waals surface area (Å²) in [5, 5.41) is 0. The summed E-state index contributed by atoms with van der Waals surface area (Å²) in [6, 6.07) is 8.98. The van der Waals surface area contributed by atoms with Crippen LogP contribution in [-0.4, -0.2) is 17.9 Å². The van der Waals surface area contributed by atoms with Gasteiger partial charge >= 0.3 is 0 Å². The van der Waals surface area contributed by atoms with Gasteiger partial charge in [-0.05, 0) is 47.6 Å². The number of hydrogen-bond acceptors (Lipinski definition) is 1. The van der Waals surface area contributed by atoms with Crippen molar-refractivity contribution in [3.05, 3.63) is 47.5 Å². The van der Waals surface area contributed by atoms with Crippen LogP contribution in [0.4, 0.5) is 0 Å². The Bertz CT molecular complexity index is 634. The van der Waals surface area contributed by atoms with E-state index in [0.29, 0.717) is 35.6 Å². The van der Waals surface area contributed by atoms with Crippen molar-refractivity contribution in [2.45, 2.75) is 24.8 Å². The molecule has 6 atom stereocenters. The van der Waals surface area contributed by atoms with Crippen LogP contribution in [-0.2, 0) is 4.79 Å². The van der Waals surface area contributed by atoms with Gasteiger partial charge in [-0.25, -0.2) is 0 Å². The molecule has 2 heteroatoms. The van der Waals surface area contributed by atoms with E-state index in [1.807, 2.05) is 11.9 Å². The first-order chi connectivity index (χ1) is 9.77. The first-order valence-electron chi connectivity index (χ1n) is 7.81. The zero-order valence-corrected chi connectivity index (χ0v) is 11.7. The van der Waals surface area contributed by atoms with Crippen LogP contribution in [0, 0.1) is 23.7 Å². The molecule has 20 heavy (non-hydrogen) atoms. The number of amides is 1. The second kappa shape index (κ2) is 3.55. The Morgan fingerprint density at radius 3 is 2.35 bits per heavy atom. The normalized spacial score (nSPS) is 43.6. The molecule has 1 saturated carbocycles. The van der Waals surface area contributed by atoms with Gasteiger partial charge in [-0.3, -0.25) is 4.79 Å². The van der Waals surface area contributed by atoms with Gasteiger partial charge in [0, 0.05) is 7.05 Å². The van der Waals surface area contributed by atoms with Crippen molar-refractivity contribution >= 4 is 5.91 Å². The first kappa shape index (κ1) is 11.1. The van der Waals surface area contributed by atoms with Crippen molar-refractivity contribution in [3.63, 3.8) is 0 Å². The number of hydrogen-bond donors (Lipinski definition) is 0. The summed E-state index contributed by atoms with van der Waals surface area (Å²) < 4.78 is 0. The molecular weight excluding hydrogens is 246 g/mol. The van der Waals surface area contributed by atoms with Crippen LogP contribution < -0.4 is 0 Å². The van der Waals surface area contributed by atoms with E-state index in [0.717, 1.165) is 0 Å². The average Bonchev–Trinajstić information content (AvgIpc) is 2.51. The Balaban J connectivity index is 1.77. The number of nitrogens with zero attached hydrogens (tertiary/aromatic N) is 1. The van der Waals surface area contributed by atoms with Crippen molar-refractivity contribution < 1.29 is 4.79 Å². The van der Waals surface area contributed by atoms with Crippen LogP contribution in [0.3, 0.4) is 0 Å². The second-order valence-electron chi connectivity index (χ2n) is 6.95. The Hall–Kier alpha value is -1.57. The van der Waals surface area contributed by atoms with Gasteiger partial charge in [0.25, 0.3) is 0 Å². The van der Waals surface area contributed by atoms with E-state index >= 15 is 0 Å². The molecule has 1 aromatic rings. The Morgan fingerprint density at radius 1 is 1.00 bits per heavy atom. The van der Waals surface area contributed by atoms with Crippen LogP contribution >= 0.6 is 0 Å². The van der Waals surface area contributed by atoms with Crippen LogP contribution in [0.2, 0.25) is 0 Å². The SMILES string of the molecule is CN1C(=O)[C@@H]2c3ccccc3[C@H]1[C@H]1[C@@H]2[C@H]2C=C[C@@H]1CC2. The fraction of sp³-hybridized carbons (Fsp3) is 0.500. The van der Waals surface area contributed by atoms with E-state index in [1.165, 1.54) is 24.0 Å². The lowest BCUT2D eigenvalue weighted by molar-refractivity contribution is -0.151. The van der Waals surface area contributed by atoms with Crippen molar-refractivity contribution in [1.29, 1.82) is 0 Å². The first-order valence-corrected chi connectivity index (χ1v) is 7.81. The summed E-state index contributed by atoms with van der Waals surface area (Å²) in [7, 11) is 2.01. The predicted molar refractivity (Wildman–Crippen MR) is 77.0 cm³/mol. The molecule has 2 aliphatic heterocycles. The van der Waals surface area contributed by atoms with Gasteiger partial charge in [0.05, 0.1) is 12.0 Å². The standard InChI is InChI=1S/C18H19NO/c1-19-17-13-5-3-2-4-12(13)16(18(19)20)14-10-6-8-11(9-7-10)15(14)17/h2-6,8,10-11,14-17H,7,9H2,1H3/t10-,11+,14-,15+,16+,17-/m0/s1. The van der Waals surface area contributed by atoms with Gasteiger partial charge in [0.15, 0.2) is 0 Å². The van der Waals surface area contributed by atoms with Crippen LogP contribution in [0.15, 0.2) is 36.4 Å². The van der Waals surface area contributed by atoms with Gasteiger partial charge in [0.2, 0.25) is 5.91 Å². The van der Waals surface area contributed by atoms with Crippen LogP contribution in [0.25, 0.3) is 0 Å². The minimum Gasteiger partial charge on any atom is -0.338 e. The lowest BCUT2D eigenvalue weighted by atomic mass is 9.49. The molecule has 0 radical (unpaired) electrons. The Kier molecular flexibility index (Phi) is 1.97. The quantitative estimate of drug-likeness (QED) is 0.660. The molecule has 0 spiro atoms. The molecule has 2 nitrogen and oxygen atoms in total. The molecule has 0 aromatic heterocycles. The lowest BCUT2D eigenvalue weighted by Gasteiger charge is -2.60. The fourth-order valence-corrected chi connectivity index (χ4v) is 5.59. The zero-order chi connectivity index (χ0) is 13.4. The number of fused-ring (bicyclic) bond motifs is 2. The second-order valence-corrected chi connectivity index (χ2v) is 6.95. The predicted octanol–water partition coefficient (Wildman–Crippen LogP) is 3.13. The largest absolute Gasteiger partial charge is 0.338 e. The number of allylic oxidation sites excluding steroid dienone is 2. The minimum absolute atomic E-state index is 0.115. The van der Waals surface area contributed by atoms with Gasteiger partial charge in [-0.15, -0.1) is 0 Å². The highest BCUT2D eigenvalue weighted by atomic mass is 16.2. The van der Waals surface area contributed by atoms with Crippen molar-refractivity contribution in [2.24, 2.45) is 23.7 Å². The summed E-state index contributed by atoms with van der Waals surface area (Å²) in [5.41, 5.74) is 2.74. The molecule has 1 saturated heterocycles. The zero-order valence-electron chi connectivity index (χ0n) is 11.7. The lowest BCUT2D eigenvalue weighted by Crippen LogP contribution is -2.59. The minimum atomic E-state index is 0.115. The number of carbonyl (C=O) groups is 1. The molecule has 2 fully saturated rings. The summed E-state index contributed by atoms with van der Waals surface area (Å²) in [4.78, 5) is 14.8. The van der Waals surface area contributed by atoms with E-state index in [1.54, 1.807) is 0 Å². The van der Waals surface area contributed by atoms with Crippen LogP contribution in [0.1, 0.15) is 35.9 Å². The Labute approximate surface area is 119 Å². The van der Waals surface area contributed by atoms with Crippen molar-refractivity contribution in [2.75, 3.05) is 7.05 Å². The maximum absolute atomic E-state index is 12.8. The highest BCUT2D eigenvalue weighted by Gasteiger charge is 2.59. The molecule has 0 N–H and O–H groups in total. The third-order valence-electron chi connectivity index (χ3n) is 6.30. The summed E-state index contributed by atoms with van der Waals surface area (Å²) in [6.07, 6.45) is 7.45. The summed E-state index contributed by atoms with van der Waals surface area (Å²) in [5.74, 6) is 2.99. The topological polar surface area (TPSA) is 20.3 Å². The maximum atomic E-state index is 12.8. The monoisotopic (exact) mass is 265 g/mol. The molecule has 0 unspecified atom stereocenters. The molecule has 2 heterocycles. The average molecular weight is 265 g/mol. The van der Waals surface area contributed by atoms with Gasteiger partial charge in [-0.1, -0.05) is 36.4 Å². The molecule has 102 valence electrons. The highest BCUT2D eigenvalue weighted by molar-refractivity contribution is 5.88. The van der Waals surface area contributed by atoms with Crippen LogP contribution in [0.5, 0.6) is 0 Å². The van der Waals surface area contributed by atoms with E-state index < -0.39 is 0 Å². The number of rotatable bonds is 0. The number of piperidine rings is 1. The van der Waals surface area contributed by atoms with E-state index in [4.69, 9.17) is 0 Å². The molecule has 4 bridgehead atoms. The van der Waals surface area contributed by atoms with Crippen molar-refractivity contribution in [1.82, 2.24) is 4.90 Å². The summed E-state index contributed by atoms with van der Waals surface area (Å²) >= 11 is 0. The summed E-state index contributed by atoms with van der Waals surface area (Å²) in [6.45, 7) is 0. The highest BCUT2D eigenvalue weighted by Crippen LogP contribution is 2.63. The van der Waals surface area contributed by atoms with Crippen molar-refractivity contribution in [3.8, 4) is 0 Å². The van der Waals surface area contributed by atoms with Gasteiger partial charge < -0.3 is 4.90 Å². The Morgan fingerprint density at radius 2 is 1.65 bits per heavy atom. The van der Waals surface area contributed by atoms with E-state index in [9.17, 15) is 4.79 Å². The number of benzene rings is 1. The number of carbonyl (C=O) groups excluding carboxylic acids is 1. The molecule has 7 rings (SSSR count). The number of likely N-dealkylation sites (N-methyl/N-ethyl adjacent to an activating group) is 1. The van der Waals surface area contributed by atoms with Gasteiger partial charge in [0.1, 0.15) is 0 Å². The molecular formula is C18H19NO. The smallest absolute Gasteiger partial charge is 0.230 e. The van der Waals surface area contributed by atoms with E-state index in [-0.39, 0.29) is 5.92 Å². The molecule has 1 aromatic carbocycles. The van der Waals surface area contributed by atoms with Gasteiger partial charge in [-0.2, -0.15) is 0 Å². The maximum Gasteiger partial charge on any atom is 0.230 e. The third kappa shape index (κ3) is 1.11. The molecule has 1 amide bonds. The fourth-order valence-electron chi connectivity index (χ4n) is 5.59. The third-order valence-corrected chi connectivity index (χ3v) is 6.30.